The summed E-state index contributed by atoms with van der Waals surface area (Å²) >= 11 is 0.766. The zero-order valence-electron chi connectivity index (χ0n) is 14.7. The van der Waals surface area contributed by atoms with E-state index in [4.69, 9.17) is 4.42 Å². The van der Waals surface area contributed by atoms with Crippen molar-refractivity contribution >= 4 is 45.5 Å². The van der Waals surface area contributed by atoms with Gasteiger partial charge in [-0.2, -0.15) is 0 Å². The second kappa shape index (κ2) is 7.96. The Morgan fingerprint density at radius 3 is 2.70 bits per heavy atom. The van der Waals surface area contributed by atoms with Crippen molar-refractivity contribution < 1.29 is 28.7 Å². The van der Waals surface area contributed by atoms with Crippen LogP contribution in [0, 0.1) is 0 Å². The second-order valence-corrected chi connectivity index (χ2v) is 7.78. The van der Waals surface area contributed by atoms with Gasteiger partial charge in [-0.1, -0.05) is 30.0 Å². The van der Waals surface area contributed by atoms with Crippen molar-refractivity contribution in [1.29, 1.82) is 0 Å². The summed E-state index contributed by atoms with van der Waals surface area (Å²) in [6, 6.07) is 7.84. The number of hydrogen-bond donors (Lipinski definition) is 1. The molecule has 1 aliphatic rings. The maximum atomic E-state index is 12.9. The van der Waals surface area contributed by atoms with Gasteiger partial charge in [-0.05, 0) is 25.0 Å². The summed E-state index contributed by atoms with van der Waals surface area (Å²) in [6.45, 7) is 1.66. The Hall–Kier alpha value is -2.61. The van der Waals surface area contributed by atoms with Crippen LogP contribution >= 0.6 is 11.8 Å². The van der Waals surface area contributed by atoms with E-state index in [1.54, 1.807) is 24.3 Å². The molecule has 142 valence electrons. The molecule has 1 fully saturated rings. The molecule has 1 aliphatic heterocycles. The summed E-state index contributed by atoms with van der Waals surface area (Å²) in [5, 5.41) is 8.75. The maximum absolute atomic E-state index is 12.9. The van der Waals surface area contributed by atoms with E-state index in [-0.39, 0.29) is 17.3 Å². The fourth-order valence-electron chi connectivity index (χ4n) is 3.25. The fourth-order valence-corrected chi connectivity index (χ4v) is 4.10. The number of likely N-dealkylation sites (tertiary alicyclic amines) is 1. The number of carboxylic acid groups (broad SMARTS) is 1. The third-order valence-corrected chi connectivity index (χ3v) is 5.48. The molecule has 0 spiro atoms. The van der Waals surface area contributed by atoms with E-state index in [9.17, 15) is 24.3 Å². The van der Waals surface area contributed by atoms with Crippen LogP contribution in [0.15, 0.2) is 34.7 Å². The number of Topliss-reactive ketones (excluding diaryl/α,β-unsaturated/α-hetero) is 1. The number of carbonyl (C=O) groups excluding carboxylic acids is 3. The predicted molar refractivity (Wildman–Crippen MR) is 99.6 cm³/mol. The Bertz CT molecular complexity index is 871. The Balaban J connectivity index is 1.80. The predicted octanol–water partition coefficient (Wildman–Crippen LogP) is 2.73. The zero-order chi connectivity index (χ0) is 19.6. The minimum absolute atomic E-state index is 0.0824. The summed E-state index contributed by atoms with van der Waals surface area (Å²) < 4.78 is 5.57. The van der Waals surface area contributed by atoms with Gasteiger partial charge < -0.3 is 14.4 Å². The summed E-state index contributed by atoms with van der Waals surface area (Å²) in [4.78, 5) is 49.7. The standard InChI is InChI=1S/C19H19NO6S/c1-11(21)27-16(10-17(22)20-8-4-6-13(20)19(24)25)18(23)15-9-12-5-2-3-7-14(12)26-15/h2-3,5,7,9,13,16H,4,6,8,10H2,1H3,(H,24,25)/t13-,16?/m0/s1. The van der Waals surface area contributed by atoms with Crippen molar-refractivity contribution in [2.45, 2.75) is 37.5 Å². The van der Waals surface area contributed by atoms with E-state index in [1.807, 2.05) is 6.07 Å². The van der Waals surface area contributed by atoms with Crippen LogP contribution in [-0.4, -0.2) is 50.6 Å². The molecule has 3 rings (SSSR count). The first-order valence-corrected chi connectivity index (χ1v) is 9.47. The lowest BCUT2D eigenvalue weighted by atomic mass is 10.1. The molecule has 0 radical (unpaired) electrons. The normalized spacial score (nSPS) is 17.8. The van der Waals surface area contributed by atoms with Crippen LogP contribution in [0.2, 0.25) is 0 Å². The van der Waals surface area contributed by atoms with E-state index >= 15 is 0 Å². The number of amides is 1. The van der Waals surface area contributed by atoms with Gasteiger partial charge in [0.15, 0.2) is 10.9 Å². The molecule has 2 aromatic rings. The largest absolute Gasteiger partial charge is 0.480 e. The first-order chi connectivity index (χ1) is 12.9. The van der Waals surface area contributed by atoms with E-state index in [0.717, 1.165) is 17.1 Å². The number of carboxylic acids is 1. The molecule has 1 N–H and O–H groups in total. The van der Waals surface area contributed by atoms with Crippen LogP contribution in [0.4, 0.5) is 0 Å². The van der Waals surface area contributed by atoms with Crippen molar-refractivity contribution in [2.24, 2.45) is 0 Å². The van der Waals surface area contributed by atoms with Gasteiger partial charge in [-0.15, -0.1) is 0 Å². The van der Waals surface area contributed by atoms with E-state index in [1.165, 1.54) is 11.8 Å². The van der Waals surface area contributed by atoms with Gasteiger partial charge in [0.1, 0.15) is 11.6 Å². The van der Waals surface area contributed by atoms with Crippen LogP contribution in [0.25, 0.3) is 11.0 Å². The highest BCUT2D eigenvalue weighted by Gasteiger charge is 2.36. The molecule has 1 aromatic carbocycles. The molecule has 7 nitrogen and oxygen atoms in total. The van der Waals surface area contributed by atoms with Gasteiger partial charge in [0.25, 0.3) is 0 Å². The molecule has 27 heavy (non-hydrogen) atoms. The molecular weight excluding hydrogens is 370 g/mol. The maximum Gasteiger partial charge on any atom is 0.326 e. The summed E-state index contributed by atoms with van der Waals surface area (Å²) in [5.41, 5.74) is 0.546. The molecule has 0 bridgehead atoms. The summed E-state index contributed by atoms with van der Waals surface area (Å²) in [5.74, 6) is -1.87. The van der Waals surface area contributed by atoms with Crippen LogP contribution in [-0.2, 0) is 14.4 Å². The molecule has 8 heteroatoms. The lowest BCUT2D eigenvalue weighted by molar-refractivity contribution is -0.148. The molecule has 0 aliphatic carbocycles. The molecular formula is C19H19NO6S. The Kier molecular flexibility index (Phi) is 5.65. The number of rotatable bonds is 6. The average Bonchev–Trinajstić information content (AvgIpc) is 3.26. The number of furan rings is 1. The lowest BCUT2D eigenvalue weighted by Crippen LogP contribution is -2.42. The Labute approximate surface area is 159 Å². The van der Waals surface area contributed by atoms with E-state index in [2.05, 4.69) is 0 Å². The van der Waals surface area contributed by atoms with Gasteiger partial charge in [-0.25, -0.2) is 4.79 Å². The number of carbonyl (C=O) groups is 4. The number of hydrogen-bond acceptors (Lipinski definition) is 6. The van der Waals surface area contributed by atoms with E-state index in [0.29, 0.717) is 25.0 Å². The Morgan fingerprint density at radius 1 is 1.30 bits per heavy atom. The van der Waals surface area contributed by atoms with Gasteiger partial charge in [0.2, 0.25) is 11.7 Å². The van der Waals surface area contributed by atoms with Crippen LogP contribution < -0.4 is 0 Å². The highest BCUT2D eigenvalue weighted by Crippen LogP contribution is 2.27. The molecule has 1 saturated heterocycles. The number of ketones is 1. The van der Waals surface area contributed by atoms with Crippen molar-refractivity contribution in [1.82, 2.24) is 4.90 Å². The van der Waals surface area contributed by atoms with Crippen molar-refractivity contribution in [2.75, 3.05) is 6.54 Å². The SMILES string of the molecule is CC(=O)SC(CC(=O)N1CCC[C@H]1C(=O)O)C(=O)c1cc2ccccc2o1. The van der Waals surface area contributed by atoms with Gasteiger partial charge in [0.05, 0.1) is 5.25 Å². The van der Waals surface area contributed by atoms with Gasteiger partial charge in [0, 0.05) is 25.3 Å². The number of nitrogens with zero attached hydrogens (tertiary/aromatic N) is 1. The molecule has 0 saturated carbocycles. The smallest absolute Gasteiger partial charge is 0.326 e. The van der Waals surface area contributed by atoms with Crippen molar-refractivity contribution in [3.8, 4) is 0 Å². The molecule has 1 aromatic heterocycles. The zero-order valence-corrected chi connectivity index (χ0v) is 15.5. The fraction of sp³-hybridized carbons (Fsp3) is 0.368. The number of benzene rings is 1. The summed E-state index contributed by atoms with van der Waals surface area (Å²) in [7, 11) is 0. The van der Waals surface area contributed by atoms with Crippen LogP contribution in [0.3, 0.4) is 0 Å². The lowest BCUT2D eigenvalue weighted by Gasteiger charge is -2.23. The first-order valence-electron chi connectivity index (χ1n) is 8.59. The first kappa shape index (κ1) is 19.2. The number of thioether (sulfide) groups is 1. The van der Waals surface area contributed by atoms with Crippen LogP contribution in [0.1, 0.15) is 36.7 Å². The van der Waals surface area contributed by atoms with Gasteiger partial charge >= 0.3 is 5.97 Å². The molecule has 2 atom stereocenters. The third-order valence-electron chi connectivity index (χ3n) is 4.49. The topological polar surface area (TPSA) is 105 Å². The minimum Gasteiger partial charge on any atom is -0.480 e. The monoisotopic (exact) mass is 389 g/mol. The number of fused-ring (bicyclic) bond motifs is 1. The van der Waals surface area contributed by atoms with Gasteiger partial charge in [-0.3, -0.25) is 14.4 Å². The highest BCUT2D eigenvalue weighted by molar-refractivity contribution is 8.14. The number of aliphatic carboxylic acids is 1. The molecule has 2 heterocycles. The van der Waals surface area contributed by atoms with Crippen molar-refractivity contribution in [3.05, 3.63) is 36.1 Å². The molecule has 1 amide bonds. The summed E-state index contributed by atoms with van der Waals surface area (Å²) in [6.07, 6.45) is 0.748. The Morgan fingerprint density at radius 2 is 2.04 bits per heavy atom. The highest BCUT2D eigenvalue weighted by atomic mass is 32.2. The van der Waals surface area contributed by atoms with Crippen molar-refractivity contribution in [3.63, 3.8) is 0 Å². The van der Waals surface area contributed by atoms with Crippen LogP contribution in [0.5, 0.6) is 0 Å². The minimum atomic E-state index is -1.06. The quantitative estimate of drug-likeness (QED) is 0.757. The van der Waals surface area contributed by atoms with E-state index < -0.39 is 29.0 Å². The second-order valence-electron chi connectivity index (χ2n) is 6.40. The molecule has 1 unspecified atom stereocenters. The third kappa shape index (κ3) is 4.21. The average molecular weight is 389 g/mol. The number of para-hydroxylation sites is 1.